The lowest BCUT2D eigenvalue weighted by molar-refractivity contribution is 0.531. The van der Waals surface area contributed by atoms with Gasteiger partial charge in [0.25, 0.3) is 0 Å². The molecular formula is C17H14FNO. The van der Waals surface area contributed by atoms with Crippen LogP contribution in [0.15, 0.2) is 71.1 Å². The van der Waals surface area contributed by atoms with Gasteiger partial charge < -0.3 is 9.73 Å². The van der Waals surface area contributed by atoms with Gasteiger partial charge in [-0.25, -0.2) is 4.39 Å². The number of hydrogen-bond donors (Lipinski definition) is 1. The van der Waals surface area contributed by atoms with E-state index in [4.69, 9.17) is 4.42 Å². The van der Waals surface area contributed by atoms with Crippen molar-refractivity contribution in [1.29, 1.82) is 0 Å². The van der Waals surface area contributed by atoms with Gasteiger partial charge in [-0.05, 0) is 36.4 Å². The topological polar surface area (TPSA) is 25.2 Å². The molecule has 0 aliphatic rings. The Morgan fingerprint density at radius 2 is 1.60 bits per heavy atom. The van der Waals surface area contributed by atoms with Crippen molar-refractivity contribution in [3.63, 3.8) is 0 Å². The van der Waals surface area contributed by atoms with Crippen LogP contribution in [0.3, 0.4) is 0 Å². The van der Waals surface area contributed by atoms with Crippen molar-refractivity contribution in [3.8, 4) is 11.3 Å². The molecule has 1 heterocycles. The van der Waals surface area contributed by atoms with Crippen LogP contribution in [0.4, 0.5) is 10.1 Å². The molecule has 1 N–H and O–H groups in total. The first-order valence-electron chi connectivity index (χ1n) is 6.45. The molecule has 0 unspecified atom stereocenters. The van der Waals surface area contributed by atoms with Crippen molar-refractivity contribution in [2.24, 2.45) is 0 Å². The van der Waals surface area contributed by atoms with E-state index in [1.165, 1.54) is 12.1 Å². The van der Waals surface area contributed by atoms with Gasteiger partial charge in [-0.1, -0.05) is 30.3 Å². The van der Waals surface area contributed by atoms with E-state index in [0.29, 0.717) is 6.54 Å². The molecule has 20 heavy (non-hydrogen) atoms. The molecule has 0 atom stereocenters. The van der Waals surface area contributed by atoms with Crippen LogP contribution in [0.5, 0.6) is 0 Å². The van der Waals surface area contributed by atoms with Crippen molar-refractivity contribution in [2.75, 3.05) is 5.32 Å². The summed E-state index contributed by atoms with van der Waals surface area (Å²) in [6, 6.07) is 20.1. The molecular weight excluding hydrogens is 253 g/mol. The van der Waals surface area contributed by atoms with E-state index in [2.05, 4.69) is 5.32 Å². The van der Waals surface area contributed by atoms with Crippen LogP contribution in [0.2, 0.25) is 0 Å². The van der Waals surface area contributed by atoms with E-state index < -0.39 is 0 Å². The Bertz CT molecular complexity index is 674. The van der Waals surface area contributed by atoms with Crippen LogP contribution in [0.25, 0.3) is 11.3 Å². The molecule has 0 fully saturated rings. The van der Waals surface area contributed by atoms with E-state index in [9.17, 15) is 4.39 Å². The zero-order valence-corrected chi connectivity index (χ0v) is 10.8. The van der Waals surface area contributed by atoms with E-state index in [1.54, 1.807) is 12.1 Å². The zero-order chi connectivity index (χ0) is 13.8. The van der Waals surface area contributed by atoms with Crippen LogP contribution in [0, 0.1) is 5.82 Å². The summed E-state index contributed by atoms with van der Waals surface area (Å²) < 4.78 is 18.6. The summed E-state index contributed by atoms with van der Waals surface area (Å²) in [6.07, 6.45) is 0. The monoisotopic (exact) mass is 267 g/mol. The Morgan fingerprint density at radius 1 is 0.850 bits per heavy atom. The fourth-order valence-corrected chi connectivity index (χ4v) is 1.99. The van der Waals surface area contributed by atoms with Crippen LogP contribution >= 0.6 is 0 Å². The highest BCUT2D eigenvalue weighted by molar-refractivity contribution is 5.57. The van der Waals surface area contributed by atoms with Crippen molar-refractivity contribution >= 4 is 5.69 Å². The molecule has 0 saturated heterocycles. The number of hydrogen-bond acceptors (Lipinski definition) is 2. The lowest BCUT2D eigenvalue weighted by Crippen LogP contribution is -1.97. The standard InChI is InChI=1S/C17H14FNO/c18-14-6-8-15(9-7-14)19-12-16-10-11-17(20-16)13-4-2-1-3-5-13/h1-11,19H,12H2. The van der Waals surface area contributed by atoms with E-state index in [1.807, 2.05) is 42.5 Å². The maximum Gasteiger partial charge on any atom is 0.134 e. The third kappa shape index (κ3) is 2.88. The Labute approximate surface area is 116 Å². The minimum Gasteiger partial charge on any atom is -0.459 e. The summed E-state index contributed by atoms with van der Waals surface area (Å²) in [5.41, 5.74) is 1.92. The third-order valence-corrected chi connectivity index (χ3v) is 3.03. The van der Waals surface area contributed by atoms with Crippen molar-refractivity contribution in [3.05, 3.63) is 78.3 Å². The summed E-state index contributed by atoms with van der Waals surface area (Å²) in [4.78, 5) is 0. The minimum atomic E-state index is -0.236. The Balaban J connectivity index is 1.67. The molecule has 3 rings (SSSR count). The Hall–Kier alpha value is -2.55. The summed E-state index contributed by atoms with van der Waals surface area (Å²) in [7, 11) is 0. The second-order valence-electron chi connectivity index (χ2n) is 4.49. The van der Waals surface area contributed by atoms with Gasteiger partial charge in [-0.3, -0.25) is 0 Å². The number of benzene rings is 2. The summed E-state index contributed by atoms with van der Waals surface area (Å²) in [5, 5.41) is 3.19. The largest absolute Gasteiger partial charge is 0.459 e. The van der Waals surface area contributed by atoms with Gasteiger partial charge in [-0.2, -0.15) is 0 Å². The Kier molecular flexibility index (Phi) is 3.50. The van der Waals surface area contributed by atoms with Gasteiger partial charge >= 0.3 is 0 Å². The molecule has 0 spiro atoms. The number of furan rings is 1. The fourth-order valence-electron chi connectivity index (χ4n) is 1.99. The predicted molar refractivity (Wildman–Crippen MR) is 77.9 cm³/mol. The second-order valence-corrected chi connectivity index (χ2v) is 4.49. The van der Waals surface area contributed by atoms with E-state index >= 15 is 0 Å². The summed E-state index contributed by atoms with van der Waals surface area (Å²) in [5.74, 6) is 1.45. The number of anilines is 1. The first-order chi connectivity index (χ1) is 9.81. The molecule has 2 nitrogen and oxygen atoms in total. The lowest BCUT2D eigenvalue weighted by atomic mass is 10.2. The smallest absolute Gasteiger partial charge is 0.134 e. The normalized spacial score (nSPS) is 10.4. The maximum absolute atomic E-state index is 12.8. The van der Waals surface area contributed by atoms with Gasteiger partial charge in [0.15, 0.2) is 0 Å². The highest BCUT2D eigenvalue weighted by atomic mass is 19.1. The number of rotatable bonds is 4. The average molecular weight is 267 g/mol. The third-order valence-electron chi connectivity index (χ3n) is 3.03. The minimum absolute atomic E-state index is 0.236. The molecule has 0 aliphatic carbocycles. The Morgan fingerprint density at radius 3 is 2.35 bits per heavy atom. The molecule has 0 aliphatic heterocycles. The van der Waals surface area contributed by atoms with Crippen molar-refractivity contribution in [2.45, 2.75) is 6.54 Å². The molecule has 0 amide bonds. The SMILES string of the molecule is Fc1ccc(NCc2ccc(-c3ccccc3)o2)cc1. The van der Waals surface area contributed by atoms with Gasteiger partial charge in [0.1, 0.15) is 17.3 Å². The van der Waals surface area contributed by atoms with E-state index in [0.717, 1.165) is 22.8 Å². The van der Waals surface area contributed by atoms with Crippen LogP contribution in [-0.2, 0) is 6.54 Å². The van der Waals surface area contributed by atoms with Gasteiger partial charge in [0.05, 0.1) is 6.54 Å². The lowest BCUT2D eigenvalue weighted by Gasteiger charge is -2.04. The number of nitrogens with one attached hydrogen (secondary N) is 1. The first kappa shape index (κ1) is 12.5. The summed E-state index contributed by atoms with van der Waals surface area (Å²) in [6.45, 7) is 0.568. The highest BCUT2D eigenvalue weighted by Gasteiger charge is 2.04. The predicted octanol–water partition coefficient (Wildman–Crippen LogP) is 4.70. The molecule has 3 heteroatoms. The molecule has 0 saturated carbocycles. The fraction of sp³-hybridized carbons (Fsp3) is 0.0588. The summed E-state index contributed by atoms with van der Waals surface area (Å²) >= 11 is 0. The molecule has 1 aromatic heterocycles. The quantitative estimate of drug-likeness (QED) is 0.741. The van der Waals surface area contributed by atoms with Crippen LogP contribution in [0.1, 0.15) is 5.76 Å². The highest BCUT2D eigenvalue weighted by Crippen LogP contribution is 2.22. The molecule has 3 aromatic rings. The molecule has 100 valence electrons. The average Bonchev–Trinajstić information content (AvgIpc) is 2.97. The maximum atomic E-state index is 12.8. The van der Waals surface area contributed by atoms with Crippen LogP contribution < -0.4 is 5.32 Å². The van der Waals surface area contributed by atoms with Gasteiger partial charge in [0, 0.05) is 11.3 Å². The van der Waals surface area contributed by atoms with Crippen molar-refractivity contribution in [1.82, 2.24) is 0 Å². The molecule has 2 aromatic carbocycles. The first-order valence-corrected chi connectivity index (χ1v) is 6.45. The van der Waals surface area contributed by atoms with Crippen LogP contribution in [-0.4, -0.2) is 0 Å². The molecule has 0 bridgehead atoms. The van der Waals surface area contributed by atoms with Crippen molar-refractivity contribution < 1.29 is 8.81 Å². The van der Waals surface area contributed by atoms with E-state index in [-0.39, 0.29) is 5.82 Å². The molecule has 0 radical (unpaired) electrons. The van der Waals surface area contributed by atoms with Gasteiger partial charge in [0.2, 0.25) is 0 Å². The number of halogens is 1. The second kappa shape index (κ2) is 5.61. The van der Waals surface area contributed by atoms with Gasteiger partial charge in [-0.15, -0.1) is 0 Å². The zero-order valence-electron chi connectivity index (χ0n) is 10.8.